The molecular formula is C16H15NO3. The molecule has 102 valence electrons. The Morgan fingerprint density at radius 3 is 2.15 bits per heavy atom. The molecule has 2 rings (SSSR count). The van der Waals surface area contributed by atoms with E-state index in [1.165, 1.54) is 0 Å². The van der Waals surface area contributed by atoms with Crippen molar-refractivity contribution < 1.29 is 14.3 Å². The SMILES string of the molecule is CNC(=O)COc1ccc(C(=O)c2ccccc2)cc1. The number of ketones is 1. The van der Waals surface area contributed by atoms with E-state index >= 15 is 0 Å². The van der Waals surface area contributed by atoms with Crippen molar-refractivity contribution in [3.8, 4) is 5.75 Å². The van der Waals surface area contributed by atoms with Gasteiger partial charge in [0.05, 0.1) is 0 Å². The molecule has 0 saturated heterocycles. The van der Waals surface area contributed by atoms with Gasteiger partial charge in [0.1, 0.15) is 5.75 Å². The van der Waals surface area contributed by atoms with Gasteiger partial charge >= 0.3 is 0 Å². The van der Waals surface area contributed by atoms with Crippen LogP contribution in [0.3, 0.4) is 0 Å². The van der Waals surface area contributed by atoms with Gasteiger partial charge in [-0.3, -0.25) is 9.59 Å². The molecule has 4 nitrogen and oxygen atoms in total. The highest BCUT2D eigenvalue weighted by molar-refractivity contribution is 6.08. The standard InChI is InChI=1S/C16H15NO3/c1-17-15(18)11-20-14-9-7-13(8-10-14)16(19)12-5-3-2-4-6-12/h2-10H,11H2,1H3,(H,17,18). The number of ether oxygens (including phenoxy) is 1. The second kappa shape index (κ2) is 6.52. The van der Waals surface area contributed by atoms with Gasteiger partial charge in [-0.25, -0.2) is 0 Å². The van der Waals surface area contributed by atoms with Crippen LogP contribution in [0.15, 0.2) is 54.6 Å². The molecule has 0 spiro atoms. The molecule has 0 saturated carbocycles. The molecule has 2 aromatic rings. The minimum atomic E-state index is -0.200. The summed E-state index contributed by atoms with van der Waals surface area (Å²) in [5.41, 5.74) is 1.23. The lowest BCUT2D eigenvalue weighted by molar-refractivity contribution is -0.122. The minimum Gasteiger partial charge on any atom is -0.484 e. The van der Waals surface area contributed by atoms with Crippen LogP contribution in [0.4, 0.5) is 0 Å². The quantitative estimate of drug-likeness (QED) is 0.845. The lowest BCUT2D eigenvalue weighted by Gasteiger charge is -2.06. The number of rotatable bonds is 5. The molecular weight excluding hydrogens is 254 g/mol. The summed E-state index contributed by atoms with van der Waals surface area (Å²) in [6.45, 7) is -0.0392. The third kappa shape index (κ3) is 3.45. The number of hydrogen-bond donors (Lipinski definition) is 1. The maximum atomic E-state index is 12.2. The summed E-state index contributed by atoms with van der Waals surface area (Å²) in [6.07, 6.45) is 0. The summed E-state index contributed by atoms with van der Waals surface area (Å²) < 4.78 is 5.28. The summed E-state index contributed by atoms with van der Waals surface area (Å²) in [6, 6.07) is 15.8. The van der Waals surface area contributed by atoms with Crippen LogP contribution in [0.1, 0.15) is 15.9 Å². The van der Waals surface area contributed by atoms with E-state index in [1.54, 1.807) is 43.4 Å². The first-order valence-electron chi connectivity index (χ1n) is 6.24. The predicted octanol–water partition coefficient (Wildman–Crippen LogP) is 2.04. The molecule has 1 amide bonds. The van der Waals surface area contributed by atoms with Crippen LogP contribution in [0.2, 0.25) is 0 Å². The van der Waals surface area contributed by atoms with Crippen molar-refractivity contribution >= 4 is 11.7 Å². The number of carbonyl (C=O) groups excluding carboxylic acids is 2. The zero-order valence-electron chi connectivity index (χ0n) is 11.1. The summed E-state index contributed by atoms with van der Waals surface area (Å²) in [5.74, 6) is 0.316. The average Bonchev–Trinajstić information content (AvgIpc) is 2.53. The second-order valence-corrected chi connectivity index (χ2v) is 4.18. The van der Waals surface area contributed by atoms with Gasteiger partial charge in [-0.1, -0.05) is 30.3 Å². The second-order valence-electron chi connectivity index (χ2n) is 4.18. The van der Waals surface area contributed by atoms with E-state index in [0.29, 0.717) is 16.9 Å². The van der Waals surface area contributed by atoms with Crippen LogP contribution in [0.5, 0.6) is 5.75 Å². The Morgan fingerprint density at radius 1 is 0.950 bits per heavy atom. The summed E-state index contributed by atoms with van der Waals surface area (Å²) in [4.78, 5) is 23.2. The van der Waals surface area contributed by atoms with Crippen LogP contribution in [0, 0.1) is 0 Å². The molecule has 4 heteroatoms. The van der Waals surface area contributed by atoms with Crippen LogP contribution < -0.4 is 10.1 Å². The van der Waals surface area contributed by atoms with Gasteiger partial charge in [0.15, 0.2) is 12.4 Å². The van der Waals surface area contributed by atoms with Gasteiger partial charge in [0, 0.05) is 18.2 Å². The zero-order chi connectivity index (χ0) is 14.4. The molecule has 0 radical (unpaired) electrons. The molecule has 0 bridgehead atoms. The van der Waals surface area contributed by atoms with E-state index in [0.717, 1.165) is 0 Å². The Kier molecular flexibility index (Phi) is 4.50. The predicted molar refractivity (Wildman–Crippen MR) is 75.9 cm³/mol. The zero-order valence-corrected chi connectivity index (χ0v) is 11.1. The number of nitrogens with one attached hydrogen (secondary N) is 1. The van der Waals surface area contributed by atoms with Crippen molar-refractivity contribution in [3.63, 3.8) is 0 Å². The van der Waals surface area contributed by atoms with E-state index in [-0.39, 0.29) is 18.3 Å². The molecule has 2 aromatic carbocycles. The van der Waals surface area contributed by atoms with E-state index < -0.39 is 0 Å². The van der Waals surface area contributed by atoms with Crippen LogP contribution in [-0.4, -0.2) is 25.3 Å². The number of likely N-dealkylation sites (N-methyl/N-ethyl adjacent to an activating group) is 1. The highest BCUT2D eigenvalue weighted by Gasteiger charge is 2.08. The van der Waals surface area contributed by atoms with E-state index in [4.69, 9.17) is 4.74 Å². The highest BCUT2D eigenvalue weighted by Crippen LogP contribution is 2.15. The molecule has 0 aliphatic heterocycles. The van der Waals surface area contributed by atoms with Crippen molar-refractivity contribution in [3.05, 3.63) is 65.7 Å². The molecule has 0 aromatic heterocycles. The van der Waals surface area contributed by atoms with Crippen molar-refractivity contribution in [1.82, 2.24) is 5.32 Å². The highest BCUT2D eigenvalue weighted by atomic mass is 16.5. The van der Waals surface area contributed by atoms with Gasteiger partial charge in [0.2, 0.25) is 0 Å². The van der Waals surface area contributed by atoms with E-state index in [2.05, 4.69) is 5.32 Å². The molecule has 0 heterocycles. The summed E-state index contributed by atoms with van der Waals surface area (Å²) in [7, 11) is 1.55. The summed E-state index contributed by atoms with van der Waals surface area (Å²) >= 11 is 0. The Morgan fingerprint density at radius 2 is 1.55 bits per heavy atom. The maximum absolute atomic E-state index is 12.2. The number of amides is 1. The van der Waals surface area contributed by atoms with Crippen molar-refractivity contribution in [2.75, 3.05) is 13.7 Å². The molecule has 0 aliphatic rings. The molecule has 0 aliphatic carbocycles. The fourth-order valence-corrected chi connectivity index (χ4v) is 1.68. The molecule has 20 heavy (non-hydrogen) atoms. The minimum absolute atomic E-state index is 0.0385. The molecule has 0 fully saturated rings. The smallest absolute Gasteiger partial charge is 0.257 e. The van der Waals surface area contributed by atoms with Crippen LogP contribution >= 0.6 is 0 Å². The first-order chi connectivity index (χ1) is 9.70. The molecule has 0 atom stereocenters. The lowest BCUT2D eigenvalue weighted by atomic mass is 10.0. The third-order valence-corrected chi connectivity index (χ3v) is 2.80. The van der Waals surface area contributed by atoms with Gasteiger partial charge in [-0.05, 0) is 24.3 Å². The van der Waals surface area contributed by atoms with E-state index in [9.17, 15) is 9.59 Å². The average molecular weight is 269 g/mol. The fourth-order valence-electron chi connectivity index (χ4n) is 1.68. The normalized spacial score (nSPS) is 9.85. The maximum Gasteiger partial charge on any atom is 0.257 e. The first kappa shape index (κ1) is 13.8. The molecule has 0 unspecified atom stereocenters. The number of carbonyl (C=O) groups is 2. The number of benzene rings is 2. The van der Waals surface area contributed by atoms with Crippen molar-refractivity contribution in [1.29, 1.82) is 0 Å². The van der Waals surface area contributed by atoms with Crippen LogP contribution in [-0.2, 0) is 4.79 Å². The Hall–Kier alpha value is -2.62. The Balaban J connectivity index is 2.05. The van der Waals surface area contributed by atoms with Gasteiger partial charge in [0.25, 0.3) is 5.91 Å². The van der Waals surface area contributed by atoms with Crippen LogP contribution in [0.25, 0.3) is 0 Å². The van der Waals surface area contributed by atoms with Gasteiger partial charge < -0.3 is 10.1 Å². The summed E-state index contributed by atoms with van der Waals surface area (Å²) in [5, 5.41) is 2.47. The third-order valence-electron chi connectivity index (χ3n) is 2.80. The Labute approximate surface area is 117 Å². The molecule has 1 N–H and O–H groups in total. The lowest BCUT2D eigenvalue weighted by Crippen LogP contribution is -2.24. The van der Waals surface area contributed by atoms with Gasteiger partial charge in [-0.2, -0.15) is 0 Å². The van der Waals surface area contributed by atoms with Crippen molar-refractivity contribution in [2.45, 2.75) is 0 Å². The largest absolute Gasteiger partial charge is 0.484 e. The fraction of sp³-hybridized carbons (Fsp3) is 0.125. The monoisotopic (exact) mass is 269 g/mol. The first-order valence-corrected chi connectivity index (χ1v) is 6.24. The van der Waals surface area contributed by atoms with Gasteiger partial charge in [-0.15, -0.1) is 0 Å². The Bertz CT molecular complexity index is 591. The van der Waals surface area contributed by atoms with E-state index in [1.807, 2.05) is 18.2 Å². The van der Waals surface area contributed by atoms with Crippen molar-refractivity contribution in [2.24, 2.45) is 0 Å². The topological polar surface area (TPSA) is 55.4 Å². The number of hydrogen-bond acceptors (Lipinski definition) is 3.